The van der Waals surface area contributed by atoms with Gasteiger partial charge in [-0.25, -0.2) is 0 Å². The number of carbonyl (C=O) groups excluding carboxylic acids is 1. The Balaban J connectivity index is 2.03. The van der Waals surface area contributed by atoms with Crippen molar-refractivity contribution in [1.29, 1.82) is 0 Å². The first-order valence-electron chi connectivity index (χ1n) is 5.92. The van der Waals surface area contributed by atoms with E-state index in [4.69, 9.17) is 27.9 Å². The zero-order valence-corrected chi connectivity index (χ0v) is 12.3. The van der Waals surface area contributed by atoms with Gasteiger partial charge in [0, 0.05) is 23.2 Å². The summed E-state index contributed by atoms with van der Waals surface area (Å²) in [6.45, 7) is 2.37. The van der Waals surface area contributed by atoms with Crippen LogP contribution in [0.5, 0.6) is 0 Å². The predicted molar refractivity (Wildman–Crippen MR) is 78.6 cm³/mol. The van der Waals surface area contributed by atoms with E-state index in [-0.39, 0.29) is 5.91 Å². The first-order chi connectivity index (χ1) is 9.18. The Kier molecular flexibility index (Phi) is 3.67. The normalized spacial score (nSPS) is 16.0. The third-order valence-corrected chi connectivity index (χ3v) is 5.05. The number of hydrogen-bond donors (Lipinski definition) is 0. The maximum Gasteiger partial charge on any atom is 0.265 e. The zero-order chi connectivity index (χ0) is 13.4. The summed E-state index contributed by atoms with van der Waals surface area (Å²) in [7, 11) is 0. The lowest BCUT2D eigenvalue weighted by Crippen LogP contribution is -2.40. The summed E-state index contributed by atoms with van der Waals surface area (Å²) in [6, 6.07) is 5.57. The number of halogens is 2. The molecule has 0 saturated carbocycles. The molecule has 1 aliphatic heterocycles. The number of ether oxygens (including phenoxy) is 1. The predicted octanol–water partition coefficient (Wildman–Crippen LogP) is 3.68. The zero-order valence-electron chi connectivity index (χ0n) is 9.99. The molecule has 0 spiro atoms. The quantitative estimate of drug-likeness (QED) is 0.803. The molecule has 19 heavy (non-hydrogen) atoms. The van der Waals surface area contributed by atoms with Crippen LogP contribution in [0.1, 0.15) is 9.67 Å². The van der Waals surface area contributed by atoms with Crippen molar-refractivity contribution in [3.05, 3.63) is 33.1 Å². The molecule has 3 rings (SSSR count). The van der Waals surface area contributed by atoms with E-state index in [1.807, 2.05) is 12.1 Å². The fourth-order valence-electron chi connectivity index (χ4n) is 2.12. The van der Waals surface area contributed by atoms with Crippen LogP contribution >= 0.6 is 34.5 Å². The van der Waals surface area contributed by atoms with Crippen molar-refractivity contribution in [2.24, 2.45) is 0 Å². The van der Waals surface area contributed by atoms with Crippen molar-refractivity contribution in [1.82, 2.24) is 4.90 Å². The number of thiophene rings is 1. The molecule has 1 fully saturated rings. The average molecular weight is 316 g/mol. The fraction of sp³-hybridized carbons (Fsp3) is 0.308. The molecule has 1 aromatic heterocycles. The smallest absolute Gasteiger partial charge is 0.265 e. The number of amides is 1. The highest BCUT2D eigenvalue weighted by Gasteiger charge is 2.24. The largest absolute Gasteiger partial charge is 0.378 e. The van der Waals surface area contributed by atoms with Gasteiger partial charge in [0.25, 0.3) is 5.91 Å². The van der Waals surface area contributed by atoms with Gasteiger partial charge >= 0.3 is 0 Å². The Morgan fingerprint density at radius 3 is 2.68 bits per heavy atom. The van der Waals surface area contributed by atoms with Crippen LogP contribution in [0, 0.1) is 0 Å². The van der Waals surface area contributed by atoms with Gasteiger partial charge in [-0.2, -0.15) is 0 Å². The van der Waals surface area contributed by atoms with E-state index in [0.717, 1.165) is 10.1 Å². The first-order valence-corrected chi connectivity index (χ1v) is 7.49. The van der Waals surface area contributed by atoms with Crippen molar-refractivity contribution < 1.29 is 9.53 Å². The third kappa shape index (κ3) is 2.34. The molecule has 2 heterocycles. The van der Waals surface area contributed by atoms with Gasteiger partial charge in [0.1, 0.15) is 4.88 Å². The lowest BCUT2D eigenvalue weighted by molar-refractivity contribution is 0.0306. The highest BCUT2D eigenvalue weighted by Crippen LogP contribution is 2.39. The van der Waals surface area contributed by atoms with E-state index in [1.165, 1.54) is 11.3 Å². The number of benzene rings is 1. The second kappa shape index (κ2) is 5.29. The molecule has 1 aliphatic rings. The van der Waals surface area contributed by atoms with Crippen LogP contribution in [0.4, 0.5) is 0 Å². The Bertz CT molecular complexity index is 635. The number of nitrogens with zero attached hydrogens (tertiary/aromatic N) is 1. The number of morpholine rings is 1. The second-order valence-electron chi connectivity index (χ2n) is 4.26. The summed E-state index contributed by atoms with van der Waals surface area (Å²) < 4.78 is 6.19. The van der Waals surface area contributed by atoms with Gasteiger partial charge < -0.3 is 9.64 Å². The van der Waals surface area contributed by atoms with Crippen molar-refractivity contribution in [2.45, 2.75) is 0 Å². The minimum Gasteiger partial charge on any atom is -0.378 e. The number of rotatable bonds is 1. The van der Waals surface area contributed by atoms with Crippen LogP contribution in [0.2, 0.25) is 10.0 Å². The number of carbonyl (C=O) groups is 1. The van der Waals surface area contributed by atoms with Crippen LogP contribution in [0.3, 0.4) is 0 Å². The maximum absolute atomic E-state index is 12.5. The van der Waals surface area contributed by atoms with Crippen LogP contribution in [-0.2, 0) is 4.74 Å². The van der Waals surface area contributed by atoms with Crippen molar-refractivity contribution in [3.63, 3.8) is 0 Å². The molecule has 1 saturated heterocycles. The van der Waals surface area contributed by atoms with Gasteiger partial charge in [0.05, 0.1) is 23.3 Å². The Hall–Kier alpha value is -0.810. The highest BCUT2D eigenvalue weighted by molar-refractivity contribution is 7.21. The van der Waals surface area contributed by atoms with E-state index in [0.29, 0.717) is 41.2 Å². The van der Waals surface area contributed by atoms with Crippen LogP contribution < -0.4 is 0 Å². The van der Waals surface area contributed by atoms with E-state index < -0.39 is 0 Å². The fourth-order valence-corrected chi connectivity index (χ4v) is 4.04. The standard InChI is InChI=1S/C13H11Cl2NO2S/c14-8-2-1-3-9-10(8)11(15)12(19-9)13(17)16-4-6-18-7-5-16/h1-3H,4-7H2. The number of fused-ring (bicyclic) bond motifs is 1. The number of hydrogen-bond acceptors (Lipinski definition) is 3. The van der Waals surface area contributed by atoms with Crippen LogP contribution in [0.25, 0.3) is 10.1 Å². The molecular formula is C13H11Cl2NO2S. The highest BCUT2D eigenvalue weighted by atomic mass is 35.5. The molecule has 0 N–H and O–H groups in total. The van der Waals surface area contributed by atoms with Crippen molar-refractivity contribution in [3.8, 4) is 0 Å². The molecule has 0 unspecified atom stereocenters. The minimum atomic E-state index is -0.0365. The van der Waals surface area contributed by atoms with Crippen LogP contribution in [0.15, 0.2) is 18.2 Å². The SMILES string of the molecule is O=C(c1sc2cccc(Cl)c2c1Cl)N1CCOCC1. The van der Waals surface area contributed by atoms with Gasteiger partial charge in [-0.15, -0.1) is 11.3 Å². The van der Waals surface area contributed by atoms with E-state index in [2.05, 4.69) is 0 Å². The summed E-state index contributed by atoms with van der Waals surface area (Å²) >= 11 is 13.9. The molecule has 3 nitrogen and oxygen atoms in total. The Morgan fingerprint density at radius 2 is 2.00 bits per heavy atom. The average Bonchev–Trinajstić information content (AvgIpc) is 2.78. The van der Waals surface area contributed by atoms with Gasteiger partial charge in [-0.3, -0.25) is 4.79 Å². The first kappa shape index (κ1) is 13.2. The lowest BCUT2D eigenvalue weighted by atomic mass is 10.2. The second-order valence-corrected chi connectivity index (χ2v) is 6.10. The monoisotopic (exact) mass is 315 g/mol. The van der Waals surface area contributed by atoms with Gasteiger partial charge in [0.15, 0.2) is 0 Å². The lowest BCUT2D eigenvalue weighted by Gasteiger charge is -2.26. The van der Waals surface area contributed by atoms with Gasteiger partial charge in [-0.05, 0) is 12.1 Å². The summed E-state index contributed by atoms with van der Waals surface area (Å²) in [5, 5.41) is 1.81. The molecule has 0 bridgehead atoms. The van der Waals surface area contributed by atoms with E-state index >= 15 is 0 Å². The van der Waals surface area contributed by atoms with Gasteiger partial charge in [-0.1, -0.05) is 29.3 Å². The summed E-state index contributed by atoms with van der Waals surface area (Å²) in [6.07, 6.45) is 0. The summed E-state index contributed by atoms with van der Waals surface area (Å²) in [5.74, 6) is -0.0365. The summed E-state index contributed by atoms with van der Waals surface area (Å²) in [4.78, 5) is 14.8. The third-order valence-electron chi connectivity index (χ3n) is 3.10. The summed E-state index contributed by atoms with van der Waals surface area (Å²) in [5.41, 5.74) is 0. The molecule has 0 atom stereocenters. The molecule has 1 aromatic carbocycles. The maximum atomic E-state index is 12.5. The molecule has 0 radical (unpaired) electrons. The molecular weight excluding hydrogens is 305 g/mol. The van der Waals surface area contributed by atoms with Crippen LogP contribution in [-0.4, -0.2) is 37.1 Å². The molecule has 1 amide bonds. The Morgan fingerprint density at radius 1 is 1.26 bits per heavy atom. The Labute approximate surface area is 124 Å². The van der Waals surface area contributed by atoms with Crippen molar-refractivity contribution in [2.75, 3.05) is 26.3 Å². The molecule has 2 aromatic rings. The molecule has 100 valence electrons. The van der Waals surface area contributed by atoms with Gasteiger partial charge in [0.2, 0.25) is 0 Å². The van der Waals surface area contributed by atoms with E-state index in [1.54, 1.807) is 11.0 Å². The van der Waals surface area contributed by atoms with Crippen molar-refractivity contribution >= 4 is 50.5 Å². The molecule has 0 aliphatic carbocycles. The molecule has 6 heteroatoms. The minimum absolute atomic E-state index is 0.0365. The van der Waals surface area contributed by atoms with E-state index in [9.17, 15) is 4.79 Å². The topological polar surface area (TPSA) is 29.5 Å².